The smallest absolute Gasteiger partial charge is 0.323 e. The van der Waals surface area contributed by atoms with Crippen molar-refractivity contribution in [2.75, 3.05) is 43.5 Å². The monoisotopic (exact) mass is 360 g/mol. The second kappa shape index (κ2) is 7.74. The van der Waals surface area contributed by atoms with Crippen molar-refractivity contribution in [1.29, 1.82) is 0 Å². The van der Waals surface area contributed by atoms with Crippen molar-refractivity contribution in [1.82, 2.24) is 9.88 Å². The first-order valence-corrected chi connectivity index (χ1v) is 9.29. The van der Waals surface area contributed by atoms with Gasteiger partial charge >= 0.3 is 6.03 Å². The lowest BCUT2D eigenvalue weighted by Crippen LogP contribution is -2.50. The number of piperazine rings is 1. The van der Waals surface area contributed by atoms with Crippen LogP contribution in [0.25, 0.3) is 0 Å². The van der Waals surface area contributed by atoms with Gasteiger partial charge in [0, 0.05) is 42.9 Å². The number of aromatic nitrogens is 1. The van der Waals surface area contributed by atoms with Crippen LogP contribution in [-0.2, 0) is 0 Å². The lowest BCUT2D eigenvalue weighted by atomic mass is 10.2. The number of benzene rings is 1. The van der Waals surface area contributed by atoms with E-state index in [2.05, 4.69) is 41.2 Å². The zero-order valence-electron chi connectivity index (χ0n) is 14.9. The number of carbonyl (C=O) groups is 1. The number of ether oxygens (including phenoxy) is 1. The Kier molecular flexibility index (Phi) is 5.43. The van der Waals surface area contributed by atoms with Crippen LogP contribution in [-0.4, -0.2) is 49.2 Å². The summed E-state index contributed by atoms with van der Waals surface area (Å²) < 4.78 is 5.19. The molecular weight excluding hydrogens is 336 g/mol. The molecule has 1 aromatic carbocycles. The Morgan fingerprint density at radius 3 is 2.44 bits per heavy atom. The van der Waals surface area contributed by atoms with Crippen molar-refractivity contribution in [2.24, 2.45) is 0 Å². The highest BCUT2D eigenvalue weighted by Gasteiger charge is 2.22. The molecule has 3 rings (SSSR count). The molecule has 7 heteroatoms. The van der Waals surface area contributed by atoms with Crippen molar-refractivity contribution >= 4 is 28.2 Å². The van der Waals surface area contributed by atoms with Crippen LogP contribution in [0.15, 0.2) is 30.5 Å². The van der Waals surface area contributed by atoms with Gasteiger partial charge in [-0.05, 0) is 30.2 Å². The SMILES string of the molecule is COc1ccc(N2CCN(C(=O)Nc3ncc(C(C)C)s3)CC2)cc1. The van der Waals surface area contributed by atoms with Gasteiger partial charge in [0.1, 0.15) is 5.75 Å². The quantitative estimate of drug-likeness (QED) is 0.905. The second-order valence-electron chi connectivity index (χ2n) is 6.32. The van der Waals surface area contributed by atoms with Crippen LogP contribution >= 0.6 is 11.3 Å². The van der Waals surface area contributed by atoms with Crippen molar-refractivity contribution in [3.8, 4) is 5.75 Å². The molecule has 6 nitrogen and oxygen atoms in total. The normalized spacial score (nSPS) is 14.7. The van der Waals surface area contributed by atoms with E-state index in [0.29, 0.717) is 24.1 Å². The molecular formula is C18H24N4O2S. The summed E-state index contributed by atoms with van der Waals surface area (Å²) in [5.74, 6) is 1.28. The van der Waals surface area contributed by atoms with E-state index in [1.807, 2.05) is 23.2 Å². The first-order chi connectivity index (χ1) is 12.1. The van der Waals surface area contributed by atoms with Crippen LogP contribution in [0, 0.1) is 0 Å². The summed E-state index contributed by atoms with van der Waals surface area (Å²) in [4.78, 5) is 22.0. The molecule has 2 aromatic rings. The molecule has 2 heterocycles. The summed E-state index contributed by atoms with van der Waals surface area (Å²) in [5, 5.41) is 3.59. The number of hydrogen-bond acceptors (Lipinski definition) is 5. The number of rotatable bonds is 4. The van der Waals surface area contributed by atoms with Gasteiger partial charge in [0.05, 0.1) is 7.11 Å². The average Bonchev–Trinajstić information content (AvgIpc) is 3.11. The zero-order valence-corrected chi connectivity index (χ0v) is 15.7. The van der Waals surface area contributed by atoms with Crippen LogP contribution < -0.4 is 15.0 Å². The largest absolute Gasteiger partial charge is 0.497 e. The predicted molar refractivity (Wildman–Crippen MR) is 102 cm³/mol. The third-order valence-electron chi connectivity index (χ3n) is 4.31. The third kappa shape index (κ3) is 4.22. The highest BCUT2D eigenvalue weighted by molar-refractivity contribution is 7.15. The summed E-state index contributed by atoms with van der Waals surface area (Å²) in [6, 6.07) is 7.96. The molecule has 1 aliphatic rings. The average molecular weight is 360 g/mol. The Balaban J connectivity index is 1.53. The maximum atomic E-state index is 12.4. The molecule has 2 amide bonds. The van der Waals surface area contributed by atoms with Gasteiger partial charge in [-0.3, -0.25) is 5.32 Å². The molecule has 0 aliphatic carbocycles. The van der Waals surface area contributed by atoms with Gasteiger partial charge in [0.15, 0.2) is 5.13 Å². The van der Waals surface area contributed by atoms with Crippen LogP contribution in [0.5, 0.6) is 5.75 Å². The molecule has 0 atom stereocenters. The molecule has 0 bridgehead atoms. The molecule has 1 fully saturated rings. The van der Waals surface area contributed by atoms with Crippen molar-refractivity contribution in [3.63, 3.8) is 0 Å². The minimum Gasteiger partial charge on any atom is -0.497 e. The number of methoxy groups -OCH3 is 1. The molecule has 0 spiro atoms. The molecule has 1 aliphatic heterocycles. The summed E-state index contributed by atoms with van der Waals surface area (Å²) in [5.41, 5.74) is 1.15. The summed E-state index contributed by atoms with van der Waals surface area (Å²) in [6.07, 6.45) is 1.84. The van der Waals surface area contributed by atoms with E-state index >= 15 is 0 Å². The first-order valence-electron chi connectivity index (χ1n) is 8.47. The fourth-order valence-electron chi connectivity index (χ4n) is 2.74. The Morgan fingerprint density at radius 1 is 1.20 bits per heavy atom. The Labute approximate surface area is 152 Å². The number of anilines is 2. The number of thiazole rings is 1. The number of urea groups is 1. The predicted octanol–water partition coefficient (Wildman–Crippen LogP) is 3.63. The lowest BCUT2D eigenvalue weighted by Gasteiger charge is -2.35. The van der Waals surface area contributed by atoms with E-state index in [4.69, 9.17) is 4.74 Å². The minimum atomic E-state index is -0.0703. The molecule has 0 radical (unpaired) electrons. The zero-order chi connectivity index (χ0) is 17.8. The van der Waals surface area contributed by atoms with E-state index in [9.17, 15) is 4.79 Å². The van der Waals surface area contributed by atoms with Gasteiger partial charge in [0.2, 0.25) is 0 Å². The van der Waals surface area contributed by atoms with Gasteiger partial charge in [-0.2, -0.15) is 0 Å². The highest BCUT2D eigenvalue weighted by atomic mass is 32.1. The van der Waals surface area contributed by atoms with E-state index in [-0.39, 0.29) is 6.03 Å². The highest BCUT2D eigenvalue weighted by Crippen LogP contribution is 2.25. The van der Waals surface area contributed by atoms with E-state index < -0.39 is 0 Å². The molecule has 25 heavy (non-hydrogen) atoms. The van der Waals surface area contributed by atoms with Crippen molar-refractivity contribution < 1.29 is 9.53 Å². The van der Waals surface area contributed by atoms with Gasteiger partial charge in [-0.1, -0.05) is 13.8 Å². The van der Waals surface area contributed by atoms with Crippen molar-refractivity contribution in [2.45, 2.75) is 19.8 Å². The van der Waals surface area contributed by atoms with Gasteiger partial charge in [0.25, 0.3) is 0 Å². The third-order valence-corrected chi connectivity index (χ3v) is 5.52. The van der Waals surface area contributed by atoms with Crippen LogP contribution in [0.2, 0.25) is 0 Å². The molecule has 134 valence electrons. The lowest BCUT2D eigenvalue weighted by molar-refractivity contribution is 0.208. The minimum absolute atomic E-state index is 0.0703. The van der Waals surface area contributed by atoms with Gasteiger partial charge < -0.3 is 14.5 Å². The molecule has 1 aromatic heterocycles. The second-order valence-corrected chi connectivity index (χ2v) is 7.39. The topological polar surface area (TPSA) is 57.7 Å². The molecule has 0 unspecified atom stereocenters. The van der Waals surface area contributed by atoms with Crippen LogP contribution in [0.1, 0.15) is 24.6 Å². The maximum absolute atomic E-state index is 12.4. The summed E-state index contributed by atoms with van der Waals surface area (Å²) in [6.45, 7) is 7.26. The van der Waals surface area contributed by atoms with E-state index in [1.54, 1.807) is 18.4 Å². The van der Waals surface area contributed by atoms with Gasteiger partial charge in [-0.25, -0.2) is 9.78 Å². The number of nitrogens with zero attached hydrogens (tertiary/aromatic N) is 3. The molecule has 0 saturated carbocycles. The van der Waals surface area contributed by atoms with Crippen molar-refractivity contribution in [3.05, 3.63) is 35.3 Å². The fourth-order valence-corrected chi connectivity index (χ4v) is 3.55. The van der Waals surface area contributed by atoms with E-state index in [0.717, 1.165) is 24.5 Å². The standard InChI is InChI=1S/C18H24N4O2S/c1-13(2)16-12-19-17(25-16)20-18(23)22-10-8-21(9-11-22)14-4-6-15(24-3)7-5-14/h4-7,12-13H,8-11H2,1-3H3,(H,19,20,23). The number of amides is 2. The van der Waals surface area contributed by atoms with Gasteiger partial charge in [-0.15, -0.1) is 11.3 Å². The summed E-state index contributed by atoms with van der Waals surface area (Å²) in [7, 11) is 1.67. The summed E-state index contributed by atoms with van der Waals surface area (Å²) >= 11 is 1.54. The molecule has 1 N–H and O–H groups in total. The van der Waals surface area contributed by atoms with Crippen LogP contribution in [0.4, 0.5) is 15.6 Å². The first kappa shape index (κ1) is 17.5. The maximum Gasteiger partial charge on any atom is 0.323 e. The number of nitrogens with one attached hydrogen (secondary N) is 1. The Morgan fingerprint density at radius 2 is 1.88 bits per heavy atom. The fraction of sp³-hybridized carbons (Fsp3) is 0.444. The van der Waals surface area contributed by atoms with Crippen LogP contribution in [0.3, 0.4) is 0 Å². The Bertz CT molecular complexity index is 706. The number of carbonyl (C=O) groups excluding carboxylic acids is 1. The molecule has 1 saturated heterocycles. The number of hydrogen-bond donors (Lipinski definition) is 1. The van der Waals surface area contributed by atoms with E-state index in [1.165, 1.54) is 4.88 Å². The Hall–Kier alpha value is -2.28.